The lowest BCUT2D eigenvalue weighted by molar-refractivity contribution is -0.136. The molecule has 1 aliphatic rings. The van der Waals surface area contributed by atoms with Crippen molar-refractivity contribution in [1.29, 1.82) is 0 Å². The zero-order valence-electron chi connectivity index (χ0n) is 10.8. The van der Waals surface area contributed by atoms with Crippen molar-refractivity contribution < 1.29 is 4.79 Å². The molecule has 98 valence electrons. The molecule has 1 aromatic rings. The number of nitrogen functional groups attached to an aromatic ring is 1. The Kier molecular flexibility index (Phi) is 3.23. The summed E-state index contributed by atoms with van der Waals surface area (Å²) in [4.78, 5) is 20.3. The average molecular weight is 313 g/mol. The second-order valence-corrected chi connectivity index (χ2v) is 5.92. The maximum absolute atomic E-state index is 12.2. The number of nitrogens with two attached hydrogens (primary N) is 1. The van der Waals surface area contributed by atoms with Crippen molar-refractivity contribution in [2.75, 3.05) is 30.8 Å². The van der Waals surface area contributed by atoms with Crippen molar-refractivity contribution in [3.63, 3.8) is 0 Å². The molecule has 1 amide bonds. The smallest absolute Gasteiger partial charge is 0.247 e. The molecule has 0 radical (unpaired) electrons. The van der Waals surface area contributed by atoms with Crippen molar-refractivity contribution in [3.05, 3.63) is 16.7 Å². The zero-order chi connectivity index (χ0) is 13.5. The number of piperazine rings is 1. The molecule has 0 bridgehead atoms. The van der Waals surface area contributed by atoms with Gasteiger partial charge in [0.15, 0.2) is 5.82 Å². The van der Waals surface area contributed by atoms with Crippen LogP contribution in [-0.2, 0) is 4.79 Å². The number of likely N-dealkylation sites (N-methyl/N-ethyl adjacent to an activating group) is 1. The highest BCUT2D eigenvalue weighted by molar-refractivity contribution is 9.10. The monoisotopic (exact) mass is 312 g/mol. The van der Waals surface area contributed by atoms with E-state index < -0.39 is 5.54 Å². The molecule has 0 aromatic carbocycles. The summed E-state index contributed by atoms with van der Waals surface area (Å²) in [6.07, 6.45) is 1.70. The van der Waals surface area contributed by atoms with E-state index in [1.165, 1.54) is 0 Å². The first-order chi connectivity index (χ1) is 8.34. The highest BCUT2D eigenvalue weighted by Gasteiger charge is 2.41. The first-order valence-electron chi connectivity index (χ1n) is 5.78. The van der Waals surface area contributed by atoms with Crippen LogP contribution in [0.4, 0.5) is 11.5 Å². The van der Waals surface area contributed by atoms with Gasteiger partial charge in [0.25, 0.3) is 0 Å². The van der Waals surface area contributed by atoms with Gasteiger partial charge in [-0.2, -0.15) is 0 Å². The van der Waals surface area contributed by atoms with Gasteiger partial charge in [-0.3, -0.25) is 4.79 Å². The van der Waals surface area contributed by atoms with Crippen LogP contribution in [-0.4, -0.2) is 41.5 Å². The van der Waals surface area contributed by atoms with Crippen molar-refractivity contribution in [1.82, 2.24) is 9.88 Å². The van der Waals surface area contributed by atoms with Crippen LogP contribution in [0.25, 0.3) is 0 Å². The lowest BCUT2D eigenvalue weighted by Gasteiger charge is -2.45. The highest BCUT2D eigenvalue weighted by Crippen LogP contribution is 2.31. The van der Waals surface area contributed by atoms with E-state index in [4.69, 9.17) is 5.73 Å². The number of nitrogens with zero attached hydrogens (tertiary/aromatic N) is 3. The molecule has 0 aliphatic carbocycles. The number of anilines is 2. The number of amides is 1. The fourth-order valence-electron chi connectivity index (χ4n) is 2.26. The maximum Gasteiger partial charge on any atom is 0.247 e. The Hall–Kier alpha value is -1.30. The van der Waals surface area contributed by atoms with Crippen molar-refractivity contribution in [2.24, 2.45) is 0 Å². The third-order valence-electron chi connectivity index (χ3n) is 3.32. The van der Waals surface area contributed by atoms with Crippen LogP contribution in [0.2, 0.25) is 0 Å². The molecule has 0 saturated carbocycles. The van der Waals surface area contributed by atoms with Gasteiger partial charge in [-0.25, -0.2) is 4.98 Å². The SMILES string of the molecule is CN1CCN(c2ncc(Br)cc2N)C(C)(C)C1=O. The lowest BCUT2D eigenvalue weighted by Crippen LogP contribution is -2.62. The van der Waals surface area contributed by atoms with Crippen LogP contribution in [0.3, 0.4) is 0 Å². The second-order valence-electron chi connectivity index (χ2n) is 5.00. The maximum atomic E-state index is 12.2. The summed E-state index contributed by atoms with van der Waals surface area (Å²) < 4.78 is 0.835. The van der Waals surface area contributed by atoms with Gasteiger partial charge in [0, 0.05) is 30.8 Å². The van der Waals surface area contributed by atoms with Gasteiger partial charge in [0.2, 0.25) is 5.91 Å². The number of carbonyl (C=O) groups is 1. The lowest BCUT2D eigenvalue weighted by atomic mass is 9.97. The molecule has 18 heavy (non-hydrogen) atoms. The fourth-order valence-corrected chi connectivity index (χ4v) is 2.61. The fraction of sp³-hybridized carbons (Fsp3) is 0.500. The number of aromatic nitrogens is 1. The molecule has 0 spiro atoms. The van der Waals surface area contributed by atoms with E-state index in [2.05, 4.69) is 20.9 Å². The van der Waals surface area contributed by atoms with Crippen LogP contribution < -0.4 is 10.6 Å². The predicted octanol–water partition coefficient (Wildman–Crippen LogP) is 1.48. The van der Waals surface area contributed by atoms with Crippen LogP contribution in [0.15, 0.2) is 16.7 Å². The minimum atomic E-state index is -0.623. The van der Waals surface area contributed by atoms with E-state index in [9.17, 15) is 4.79 Å². The molecular formula is C12H17BrN4O. The summed E-state index contributed by atoms with van der Waals surface area (Å²) in [6.45, 7) is 5.20. The molecule has 1 aliphatic heterocycles. The van der Waals surface area contributed by atoms with E-state index in [1.807, 2.05) is 25.8 Å². The third-order valence-corrected chi connectivity index (χ3v) is 3.75. The van der Waals surface area contributed by atoms with Crippen molar-refractivity contribution in [3.8, 4) is 0 Å². The van der Waals surface area contributed by atoms with E-state index in [-0.39, 0.29) is 5.91 Å². The molecule has 5 nitrogen and oxygen atoms in total. The quantitative estimate of drug-likeness (QED) is 0.853. The summed E-state index contributed by atoms with van der Waals surface area (Å²) in [5.41, 5.74) is 5.95. The van der Waals surface area contributed by atoms with Crippen LogP contribution in [0.5, 0.6) is 0 Å². The molecule has 2 heterocycles. The second kappa shape index (κ2) is 4.42. The summed E-state index contributed by atoms with van der Waals surface area (Å²) >= 11 is 3.33. The number of hydrogen-bond donors (Lipinski definition) is 1. The summed E-state index contributed by atoms with van der Waals surface area (Å²) in [6, 6.07) is 1.81. The van der Waals surface area contributed by atoms with Gasteiger partial charge >= 0.3 is 0 Å². The average Bonchev–Trinajstić information content (AvgIpc) is 2.28. The number of rotatable bonds is 1. The molecule has 0 atom stereocenters. The molecule has 0 unspecified atom stereocenters. The number of pyridine rings is 1. The van der Waals surface area contributed by atoms with Gasteiger partial charge in [-0.15, -0.1) is 0 Å². The Morgan fingerprint density at radius 1 is 1.44 bits per heavy atom. The van der Waals surface area contributed by atoms with E-state index in [1.54, 1.807) is 17.2 Å². The molecule has 1 aromatic heterocycles. The Balaban J connectivity index is 2.41. The summed E-state index contributed by atoms with van der Waals surface area (Å²) in [7, 11) is 1.82. The first kappa shape index (κ1) is 13.1. The largest absolute Gasteiger partial charge is 0.396 e. The normalized spacial score (nSPS) is 19.2. The predicted molar refractivity (Wildman–Crippen MR) is 75.4 cm³/mol. The number of halogens is 1. The Morgan fingerprint density at radius 3 is 2.72 bits per heavy atom. The van der Waals surface area contributed by atoms with E-state index >= 15 is 0 Å². The number of hydrogen-bond acceptors (Lipinski definition) is 4. The number of carbonyl (C=O) groups excluding carboxylic acids is 1. The van der Waals surface area contributed by atoms with Crippen molar-refractivity contribution >= 4 is 33.3 Å². The van der Waals surface area contributed by atoms with E-state index in [0.717, 1.165) is 11.0 Å². The minimum absolute atomic E-state index is 0.0814. The Labute approximate surface area is 115 Å². The minimum Gasteiger partial charge on any atom is -0.396 e. The Morgan fingerprint density at radius 2 is 2.11 bits per heavy atom. The van der Waals surface area contributed by atoms with Gasteiger partial charge in [-0.05, 0) is 35.8 Å². The molecule has 2 rings (SSSR count). The standard InChI is InChI=1S/C12H17BrN4O/c1-12(2)11(18)16(3)4-5-17(12)10-9(14)6-8(13)7-15-10/h6-7H,4-5,14H2,1-3H3. The van der Waals surface area contributed by atoms with Gasteiger partial charge < -0.3 is 15.5 Å². The molecule has 6 heteroatoms. The Bertz CT molecular complexity index is 489. The van der Waals surface area contributed by atoms with Crippen LogP contribution in [0, 0.1) is 0 Å². The molecule has 1 saturated heterocycles. The van der Waals surface area contributed by atoms with Gasteiger partial charge in [-0.1, -0.05) is 0 Å². The summed E-state index contributed by atoms with van der Waals surface area (Å²) in [5, 5.41) is 0. The molecule has 1 fully saturated rings. The van der Waals surface area contributed by atoms with Gasteiger partial charge in [0.05, 0.1) is 5.69 Å². The van der Waals surface area contributed by atoms with Gasteiger partial charge in [0.1, 0.15) is 5.54 Å². The van der Waals surface area contributed by atoms with Crippen LogP contribution >= 0.6 is 15.9 Å². The third kappa shape index (κ3) is 2.05. The summed E-state index contributed by atoms with van der Waals surface area (Å²) in [5.74, 6) is 0.752. The topological polar surface area (TPSA) is 62.5 Å². The zero-order valence-corrected chi connectivity index (χ0v) is 12.4. The molecular weight excluding hydrogens is 296 g/mol. The van der Waals surface area contributed by atoms with Crippen LogP contribution in [0.1, 0.15) is 13.8 Å². The molecule has 2 N–H and O–H groups in total. The highest BCUT2D eigenvalue weighted by atomic mass is 79.9. The van der Waals surface area contributed by atoms with Crippen molar-refractivity contribution in [2.45, 2.75) is 19.4 Å². The first-order valence-corrected chi connectivity index (χ1v) is 6.57. The van der Waals surface area contributed by atoms with E-state index in [0.29, 0.717) is 18.1 Å².